The van der Waals surface area contributed by atoms with Crippen LogP contribution in [0.25, 0.3) is 12.2 Å². The standard InChI is InChI=1S/C18H23N2O2.2ClHO4/c1-21-17-7-6-16(14-18(17)22-2)5-4-15-8-12-20(13-9-15)11-3-10-19;2*2-1(3,4)5/h4-9,12-14H,3,10-11,19H2,1-2H3;2*(H,2,3,4,5)/q+1;;/p-1/b5-4+;;. The molecule has 0 unspecified atom stereocenters. The van der Waals surface area contributed by atoms with Crippen molar-refractivity contribution in [3.63, 3.8) is 0 Å². The first kappa shape index (κ1) is 29.9. The van der Waals surface area contributed by atoms with Crippen LogP contribution in [-0.4, -0.2) is 20.8 Å². The first-order chi connectivity index (χ1) is 14.8. The normalized spacial score (nSPS) is 11.2. The molecule has 0 amide bonds. The lowest BCUT2D eigenvalue weighted by Crippen LogP contribution is -2.68. The predicted octanol–water partition coefficient (Wildman–Crippen LogP) is -7.72. The number of ether oxygens (including phenoxy) is 2. The zero-order valence-corrected chi connectivity index (χ0v) is 18.8. The maximum Gasteiger partial charge on any atom is 0.169 e. The monoisotopic (exact) mass is 498 g/mol. The first-order valence-corrected chi connectivity index (χ1v) is 11.2. The fourth-order valence-electron chi connectivity index (χ4n) is 2.17. The molecule has 0 radical (unpaired) electrons. The van der Waals surface area contributed by atoms with Crippen LogP contribution in [-0.2, 0) is 6.54 Å². The molecule has 3 N–H and O–H groups in total. The molecule has 1 heterocycles. The van der Waals surface area contributed by atoms with Crippen molar-refractivity contribution in [3.05, 3.63) is 53.9 Å². The van der Waals surface area contributed by atoms with Crippen LogP contribution < -0.4 is 57.0 Å². The molecule has 0 saturated heterocycles. The van der Waals surface area contributed by atoms with Crippen molar-refractivity contribution in [2.75, 3.05) is 20.8 Å². The van der Waals surface area contributed by atoms with Gasteiger partial charge in [0.2, 0.25) is 0 Å². The van der Waals surface area contributed by atoms with E-state index in [1.54, 1.807) is 14.2 Å². The molecule has 1 aromatic carbocycles. The largest absolute Gasteiger partial charge is 0.493 e. The topological polar surface area (TPSA) is 234 Å². The van der Waals surface area contributed by atoms with Gasteiger partial charge in [0.1, 0.15) is 0 Å². The number of hydrogen-bond donors (Lipinski definition) is 1. The molecular weight excluding hydrogens is 475 g/mol. The second kappa shape index (κ2) is 14.9. The zero-order valence-electron chi connectivity index (χ0n) is 17.3. The molecule has 0 bridgehead atoms. The van der Waals surface area contributed by atoms with Crippen LogP contribution in [0.3, 0.4) is 0 Å². The van der Waals surface area contributed by atoms with Crippen LogP contribution in [0, 0.1) is 20.5 Å². The predicted molar refractivity (Wildman–Crippen MR) is 87.5 cm³/mol. The Morgan fingerprint density at radius 2 is 1.25 bits per heavy atom. The minimum absolute atomic E-state index is 0.740. The summed E-state index contributed by atoms with van der Waals surface area (Å²) in [4.78, 5) is 0. The van der Waals surface area contributed by atoms with Gasteiger partial charge in [-0.25, -0.2) is 41.8 Å². The van der Waals surface area contributed by atoms with Gasteiger partial charge in [0.25, 0.3) is 0 Å². The van der Waals surface area contributed by atoms with Gasteiger partial charge in [-0.15, -0.1) is 20.5 Å². The van der Waals surface area contributed by atoms with E-state index in [0.29, 0.717) is 0 Å². The summed E-state index contributed by atoms with van der Waals surface area (Å²) in [5.41, 5.74) is 6.11. The second-order valence-corrected chi connectivity index (χ2v) is 7.29. The fraction of sp³-hybridized carbons (Fsp3) is 0.278. The van der Waals surface area contributed by atoms with E-state index in [1.807, 2.05) is 18.2 Å². The van der Waals surface area contributed by atoms with Gasteiger partial charge in [0.15, 0.2) is 30.4 Å². The molecule has 180 valence electrons. The molecule has 12 nitrogen and oxygen atoms in total. The van der Waals surface area contributed by atoms with Crippen molar-refractivity contribution in [2.24, 2.45) is 0 Å². The molecule has 0 fully saturated rings. The Labute approximate surface area is 189 Å². The molecule has 14 heteroatoms. The molecule has 0 spiro atoms. The third kappa shape index (κ3) is 17.6. The molecule has 0 aliphatic carbocycles. The molecule has 0 aliphatic rings. The van der Waals surface area contributed by atoms with E-state index < -0.39 is 20.5 Å². The minimum atomic E-state index is -4.94. The van der Waals surface area contributed by atoms with E-state index in [1.165, 1.54) is 5.56 Å². The molecule has 1 aromatic heterocycles. The van der Waals surface area contributed by atoms with E-state index >= 15 is 0 Å². The number of aromatic nitrogens is 1. The Bertz CT molecular complexity index is 785. The highest BCUT2D eigenvalue weighted by molar-refractivity contribution is 5.70. The Kier molecular flexibility index (Phi) is 13.9. The van der Waals surface area contributed by atoms with E-state index in [2.05, 4.69) is 47.0 Å². The van der Waals surface area contributed by atoms with E-state index in [0.717, 1.165) is 36.6 Å². The van der Waals surface area contributed by atoms with Gasteiger partial charge >= 0.3 is 0 Å². The third-order valence-electron chi connectivity index (χ3n) is 3.46. The summed E-state index contributed by atoms with van der Waals surface area (Å²) in [6, 6.07) is 10.1. The lowest BCUT2D eigenvalue weighted by molar-refractivity contribution is -2.00. The number of methoxy groups -OCH3 is 2. The SMILES string of the molecule is COc1ccc(/C=C/c2cc[n+](CCC[NH3+])cc2)cc1OC.[O-][Cl+3]([O-])([O-])[O-].[O-][Cl+3]([O-])([O-])[O-]. The average molecular weight is 499 g/mol. The van der Waals surface area contributed by atoms with Crippen molar-refractivity contribution >= 4 is 12.2 Å². The Balaban J connectivity index is 0.000000805. The lowest BCUT2D eigenvalue weighted by Gasteiger charge is -2.17. The molecule has 2 aromatic rings. The van der Waals surface area contributed by atoms with Crippen LogP contribution in [0.2, 0.25) is 0 Å². The molecule has 0 saturated carbocycles. The zero-order chi connectivity index (χ0) is 24.8. The molecule has 2 rings (SSSR count). The van der Waals surface area contributed by atoms with Crippen molar-refractivity contribution in [3.8, 4) is 11.5 Å². The number of benzene rings is 1. The van der Waals surface area contributed by atoms with Crippen molar-refractivity contribution in [1.82, 2.24) is 0 Å². The number of halogens is 2. The van der Waals surface area contributed by atoms with E-state index in [4.69, 9.17) is 46.7 Å². The first-order valence-electron chi connectivity index (χ1n) is 8.68. The lowest BCUT2D eigenvalue weighted by atomic mass is 10.1. The molecular formula is C18H24Cl2N2O10. The summed E-state index contributed by atoms with van der Waals surface area (Å²) >= 11 is 0. The van der Waals surface area contributed by atoms with Gasteiger partial charge in [-0.3, -0.25) is 0 Å². The summed E-state index contributed by atoms with van der Waals surface area (Å²) < 4.78 is 80.7. The number of pyridine rings is 1. The van der Waals surface area contributed by atoms with E-state index in [-0.39, 0.29) is 0 Å². The molecule has 0 aliphatic heterocycles. The number of rotatable bonds is 7. The quantitative estimate of drug-likeness (QED) is 0.353. The van der Waals surface area contributed by atoms with Crippen molar-refractivity contribution in [2.45, 2.75) is 13.0 Å². The Hall–Kier alpha value is -2.07. The van der Waals surface area contributed by atoms with Gasteiger partial charge in [-0.05, 0) is 23.3 Å². The highest BCUT2D eigenvalue weighted by Crippen LogP contribution is 2.28. The van der Waals surface area contributed by atoms with Crippen LogP contribution in [0.1, 0.15) is 17.5 Å². The van der Waals surface area contributed by atoms with Crippen LogP contribution in [0.5, 0.6) is 11.5 Å². The van der Waals surface area contributed by atoms with Gasteiger partial charge in [0.05, 0.1) is 27.2 Å². The summed E-state index contributed by atoms with van der Waals surface area (Å²) in [5.74, 6) is 1.48. The smallest absolute Gasteiger partial charge is 0.169 e. The van der Waals surface area contributed by atoms with Gasteiger partial charge in [-0.1, -0.05) is 18.2 Å². The highest BCUT2D eigenvalue weighted by atomic mass is 35.7. The highest BCUT2D eigenvalue weighted by Gasteiger charge is 2.03. The van der Waals surface area contributed by atoms with Gasteiger partial charge < -0.3 is 15.2 Å². The summed E-state index contributed by atoms with van der Waals surface area (Å²) in [6.45, 7) is 1.98. The van der Waals surface area contributed by atoms with Crippen molar-refractivity contribution in [1.29, 1.82) is 0 Å². The van der Waals surface area contributed by atoms with Crippen LogP contribution in [0.4, 0.5) is 0 Å². The summed E-state index contributed by atoms with van der Waals surface area (Å²) in [5, 5.41) is 0. The summed E-state index contributed by atoms with van der Waals surface area (Å²) in [7, 11) is -6.60. The Morgan fingerprint density at radius 3 is 1.69 bits per heavy atom. The number of nitrogens with zero attached hydrogens (tertiary/aromatic N) is 1. The fourth-order valence-corrected chi connectivity index (χ4v) is 2.17. The Morgan fingerprint density at radius 1 is 0.781 bits per heavy atom. The number of quaternary nitrogens is 1. The second-order valence-electron chi connectivity index (χ2n) is 5.78. The maximum absolute atomic E-state index is 8.49. The summed E-state index contributed by atoms with van der Waals surface area (Å²) in [6.07, 6.45) is 9.46. The minimum Gasteiger partial charge on any atom is -0.493 e. The third-order valence-corrected chi connectivity index (χ3v) is 3.46. The van der Waals surface area contributed by atoms with Crippen LogP contribution >= 0.6 is 0 Å². The molecule has 0 atom stereocenters. The average Bonchev–Trinajstić information content (AvgIpc) is 2.68. The van der Waals surface area contributed by atoms with E-state index in [9.17, 15) is 0 Å². The number of aryl methyl sites for hydroxylation is 1. The van der Waals surface area contributed by atoms with Crippen molar-refractivity contribution < 1.29 is 77.5 Å². The van der Waals surface area contributed by atoms with Crippen LogP contribution in [0.15, 0.2) is 42.7 Å². The van der Waals surface area contributed by atoms with Gasteiger partial charge in [0, 0.05) is 12.1 Å². The maximum atomic E-state index is 8.49. The number of hydrogen-bond acceptors (Lipinski definition) is 10. The molecule has 32 heavy (non-hydrogen) atoms. The van der Waals surface area contributed by atoms with Gasteiger partial charge in [-0.2, -0.15) is 0 Å².